The first kappa shape index (κ1) is 22.8. The standard InChI is InChI=1S/C19H39O4/c1-5-9-11-13-15-22-19(23-16-14-12-10-6-2)17-18(20-7-3)21-8-4/h19H,5-17H2,1-4H3. The molecule has 1 radical (unpaired) electrons. The van der Waals surface area contributed by atoms with Crippen molar-refractivity contribution in [3.8, 4) is 0 Å². The number of unbranched alkanes of at least 4 members (excludes halogenated alkanes) is 6. The van der Waals surface area contributed by atoms with Crippen LogP contribution in [0.15, 0.2) is 0 Å². The second kappa shape index (κ2) is 18.2. The molecule has 0 aliphatic heterocycles. The maximum absolute atomic E-state index is 5.92. The van der Waals surface area contributed by atoms with E-state index >= 15 is 0 Å². The van der Waals surface area contributed by atoms with Crippen LogP contribution in [0.3, 0.4) is 0 Å². The molecule has 0 aromatic carbocycles. The molecule has 0 heterocycles. The van der Waals surface area contributed by atoms with E-state index in [1.807, 2.05) is 13.8 Å². The van der Waals surface area contributed by atoms with E-state index < -0.39 is 0 Å². The summed E-state index contributed by atoms with van der Waals surface area (Å²) in [5.41, 5.74) is 0. The summed E-state index contributed by atoms with van der Waals surface area (Å²) in [7, 11) is 0. The molecule has 0 fully saturated rings. The van der Waals surface area contributed by atoms with Gasteiger partial charge in [-0.1, -0.05) is 52.4 Å². The van der Waals surface area contributed by atoms with Crippen molar-refractivity contribution >= 4 is 0 Å². The van der Waals surface area contributed by atoms with E-state index in [1.165, 1.54) is 38.5 Å². The molecule has 0 aromatic heterocycles. The maximum Gasteiger partial charge on any atom is 0.228 e. The van der Waals surface area contributed by atoms with Crippen LogP contribution in [0.5, 0.6) is 0 Å². The van der Waals surface area contributed by atoms with Gasteiger partial charge in [0.15, 0.2) is 6.29 Å². The molecule has 0 aliphatic carbocycles. The summed E-state index contributed by atoms with van der Waals surface area (Å²) in [6.07, 6.45) is 10.5. The van der Waals surface area contributed by atoms with Crippen molar-refractivity contribution in [1.82, 2.24) is 0 Å². The zero-order valence-electron chi connectivity index (χ0n) is 15.9. The van der Waals surface area contributed by atoms with Gasteiger partial charge in [-0.15, -0.1) is 0 Å². The van der Waals surface area contributed by atoms with Gasteiger partial charge in [0.25, 0.3) is 0 Å². The van der Waals surface area contributed by atoms with Crippen LogP contribution in [0.2, 0.25) is 0 Å². The molecular weight excluding hydrogens is 292 g/mol. The van der Waals surface area contributed by atoms with E-state index in [0.29, 0.717) is 25.9 Å². The van der Waals surface area contributed by atoms with Crippen molar-refractivity contribution in [2.45, 2.75) is 91.8 Å². The molecule has 139 valence electrons. The lowest BCUT2D eigenvalue weighted by atomic mass is 10.2. The Morgan fingerprint density at radius 1 is 0.652 bits per heavy atom. The van der Waals surface area contributed by atoms with Crippen molar-refractivity contribution in [3.05, 3.63) is 6.29 Å². The van der Waals surface area contributed by atoms with Gasteiger partial charge in [0, 0.05) is 26.4 Å². The number of rotatable bonds is 18. The van der Waals surface area contributed by atoms with Crippen molar-refractivity contribution < 1.29 is 18.9 Å². The van der Waals surface area contributed by atoms with Gasteiger partial charge in [0.1, 0.15) is 0 Å². The minimum atomic E-state index is -0.258. The molecule has 0 atom stereocenters. The molecule has 0 saturated carbocycles. The minimum absolute atomic E-state index is 0.258. The Morgan fingerprint density at radius 3 is 1.52 bits per heavy atom. The molecule has 23 heavy (non-hydrogen) atoms. The highest BCUT2D eigenvalue weighted by atomic mass is 16.7. The maximum atomic E-state index is 5.92. The van der Waals surface area contributed by atoms with E-state index in [-0.39, 0.29) is 6.29 Å². The molecule has 0 saturated heterocycles. The van der Waals surface area contributed by atoms with Gasteiger partial charge in [-0.05, 0) is 26.7 Å². The van der Waals surface area contributed by atoms with Crippen molar-refractivity contribution in [2.24, 2.45) is 0 Å². The molecule has 0 aliphatic rings. The molecule has 0 rings (SSSR count). The highest BCUT2D eigenvalue weighted by molar-refractivity contribution is 4.68. The van der Waals surface area contributed by atoms with Crippen LogP contribution < -0.4 is 0 Å². The summed E-state index contributed by atoms with van der Waals surface area (Å²) < 4.78 is 22.9. The van der Waals surface area contributed by atoms with Crippen LogP contribution in [0.1, 0.15) is 85.5 Å². The lowest BCUT2D eigenvalue weighted by Gasteiger charge is -2.23. The number of ether oxygens (including phenoxy) is 4. The topological polar surface area (TPSA) is 36.9 Å². The largest absolute Gasteiger partial charge is 0.352 e. The Hall–Kier alpha value is -0.160. The quantitative estimate of drug-likeness (QED) is 0.247. The smallest absolute Gasteiger partial charge is 0.228 e. The first-order valence-electron chi connectivity index (χ1n) is 9.62. The third kappa shape index (κ3) is 15.1. The molecule has 0 amide bonds. The van der Waals surface area contributed by atoms with Crippen molar-refractivity contribution in [3.63, 3.8) is 0 Å². The molecule has 0 N–H and O–H groups in total. The lowest BCUT2D eigenvalue weighted by molar-refractivity contribution is -0.172. The average Bonchev–Trinajstić information content (AvgIpc) is 2.54. The summed E-state index contributed by atoms with van der Waals surface area (Å²) in [5, 5.41) is 0. The normalized spacial score (nSPS) is 11.7. The van der Waals surface area contributed by atoms with Crippen LogP contribution in [0.25, 0.3) is 0 Å². The summed E-state index contributed by atoms with van der Waals surface area (Å²) in [4.78, 5) is 0. The molecule has 0 aromatic rings. The SMILES string of the molecule is CCCCCCOC(C[C](OCC)OCC)OCCCCCC. The van der Waals surface area contributed by atoms with Gasteiger partial charge in [0.05, 0.1) is 6.42 Å². The fourth-order valence-corrected chi connectivity index (χ4v) is 2.27. The van der Waals surface area contributed by atoms with Crippen LogP contribution >= 0.6 is 0 Å². The Balaban J connectivity index is 4.11. The Bertz CT molecular complexity index is 203. The van der Waals surface area contributed by atoms with E-state index in [0.717, 1.165) is 26.1 Å². The number of hydrogen-bond acceptors (Lipinski definition) is 4. The van der Waals surface area contributed by atoms with E-state index in [9.17, 15) is 0 Å². The lowest BCUT2D eigenvalue weighted by Crippen LogP contribution is -2.24. The van der Waals surface area contributed by atoms with E-state index in [1.54, 1.807) is 0 Å². The third-order valence-corrected chi connectivity index (χ3v) is 3.55. The van der Waals surface area contributed by atoms with Gasteiger partial charge < -0.3 is 18.9 Å². The fourth-order valence-electron chi connectivity index (χ4n) is 2.27. The second-order valence-corrected chi connectivity index (χ2v) is 5.73. The van der Waals surface area contributed by atoms with Gasteiger partial charge in [-0.2, -0.15) is 0 Å². The van der Waals surface area contributed by atoms with Gasteiger partial charge in [-0.25, -0.2) is 0 Å². The average molecular weight is 332 g/mol. The van der Waals surface area contributed by atoms with Gasteiger partial charge in [-0.3, -0.25) is 0 Å². The highest BCUT2D eigenvalue weighted by Crippen LogP contribution is 2.17. The molecule has 0 bridgehead atoms. The van der Waals surface area contributed by atoms with Gasteiger partial charge >= 0.3 is 0 Å². The summed E-state index contributed by atoms with van der Waals surface area (Å²) >= 11 is 0. The highest BCUT2D eigenvalue weighted by Gasteiger charge is 2.19. The van der Waals surface area contributed by atoms with Crippen LogP contribution in [-0.4, -0.2) is 32.7 Å². The van der Waals surface area contributed by atoms with Crippen LogP contribution in [0, 0.1) is 6.29 Å². The van der Waals surface area contributed by atoms with Crippen LogP contribution in [0.4, 0.5) is 0 Å². The summed E-state index contributed by atoms with van der Waals surface area (Å²) in [6.45, 7) is 11.1. The first-order valence-corrected chi connectivity index (χ1v) is 9.62. The fraction of sp³-hybridized carbons (Fsp3) is 0.947. The van der Waals surface area contributed by atoms with Crippen LogP contribution in [-0.2, 0) is 18.9 Å². The zero-order chi connectivity index (χ0) is 17.2. The molecular formula is C19H39O4. The van der Waals surface area contributed by atoms with Crippen molar-refractivity contribution in [1.29, 1.82) is 0 Å². The van der Waals surface area contributed by atoms with Crippen molar-refractivity contribution in [2.75, 3.05) is 26.4 Å². The zero-order valence-corrected chi connectivity index (χ0v) is 15.9. The monoisotopic (exact) mass is 331 g/mol. The summed E-state index contributed by atoms with van der Waals surface area (Å²) in [5.74, 6) is 0. The Kier molecular flexibility index (Phi) is 18.1. The van der Waals surface area contributed by atoms with E-state index in [4.69, 9.17) is 18.9 Å². The molecule has 0 unspecified atom stereocenters. The summed E-state index contributed by atoms with van der Waals surface area (Å²) in [6, 6.07) is 0. The Labute approximate surface area is 144 Å². The first-order chi connectivity index (χ1) is 11.3. The molecule has 4 nitrogen and oxygen atoms in total. The second-order valence-electron chi connectivity index (χ2n) is 5.73. The molecule has 4 heteroatoms. The number of hydrogen-bond donors (Lipinski definition) is 0. The minimum Gasteiger partial charge on any atom is -0.352 e. The third-order valence-electron chi connectivity index (χ3n) is 3.55. The Morgan fingerprint density at radius 2 is 1.13 bits per heavy atom. The predicted octanol–water partition coefficient (Wildman–Crippen LogP) is 5.46. The van der Waals surface area contributed by atoms with E-state index in [2.05, 4.69) is 13.8 Å². The van der Waals surface area contributed by atoms with Gasteiger partial charge in [0.2, 0.25) is 6.29 Å². The molecule has 0 spiro atoms. The predicted molar refractivity (Wildman–Crippen MR) is 95.1 cm³/mol.